The van der Waals surface area contributed by atoms with E-state index in [2.05, 4.69) is 9.88 Å². The number of carbonyl (C=O) groups is 1. The van der Waals surface area contributed by atoms with Gasteiger partial charge in [0.05, 0.1) is 0 Å². The average molecular weight is 322 g/mol. The lowest BCUT2D eigenvalue weighted by Gasteiger charge is -2.30. The van der Waals surface area contributed by atoms with Gasteiger partial charge < -0.3 is 14.4 Å². The van der Waals surface area contributed by atoms with Crippen molar-refractivity contribution in [3.8, 4) is 5.75 Å². The summed E-state index contributed by atoms with van der Waals surface area (Å²) in [5, 5.41) is 9.33. The Labute approximate surface area is 139 Å². The van der Waals surface area contributed by atoms with Gasteiger partial charge in [0.15, 0.2) is 11.4 Å². The van der Waals surface area contributed by atoms with Gasteiger partial charge in [-0.1, -0.05) is 12.1 Å². The second-order valence-electron chi connectivity index (χ2n) is 6.14. The van der Waals surface area contributed by atoms with Crippen molar-refractivity contribution in [2.75, 3.05) is 18.0 Å². The molecule has 5 nitrogen and oxygen atoms in total. The fourth-order valence-electron chi connectivity index (χ4n) is 3.19. The van der Waals surface area contributed by atoms with Gasteiger partial charge in [-0.25, -0.2) is 0 Å². The number of para-hydroxylation sites is 2. The first-order valence-electron chi connectivity index (χ1n) is 8.14. The van der Waals surface area contributed by atoms with E-state index in [4.69, 9.17) is 4.42 Å². The zero-order valence-corrected chi connectivity index (χ0v) is 13.2. The number of carbonyl (C=O) groups excluding carboxylic acids is 1. The highest BCUT2D eigenvalue weighted by Gasteiger charge is 2.27. The van der Waals surface area contributed by atoms with Gasteiger partial charge in [-0.2, -0.15) is 4.98 Å². The van der Waals surface area contributed by atoms with E-state index in [9.17, 15) is 9.90 Å². The van der Waals surface area contributed by atoms with Crippen LogP contribution in [0.15, 0.2) is 52.9 Å². The molecule has 0 aliphatic carbocycles. The zero-order valence-electron chi connectivity index (χ0n) is 13.2. The van der Waals surface area contributed by atoms with Crippen LogP contribution in [0.1, 0.15) is 23.2 Å². The van der Waals surface area contributed by atoms with Crippen molar-refractivity contribution in [3.63, 3.8) is 0 Å². The highest BCUT2D eigenvalue weighted by atomic mass is 16.4. The molecule has 0 amide bonds. The molecule has 24 heavy (non-hydrogen) atoms. The lowest BCUT2D eigenvalue weighted by molar-refractivity contribution is 0.0899. The van der Waals surface area contributed by atoms with Crippen LogP contribution in [0, 0.1) is 5.92 Å². The minimum Gasteiger partial charge on any atom is -0.508 e. The molecule has 3 aromatic rings. The number of phenols is 1. The van der Waals surface area contributed by atoms with Crippen molar-refractivity contribution in [1.82, 2.24) is 4.98 Å². The Morgan fingerprint density at radius 2 is 1.79 bits per heavy atom. The molecule has 0 spiro atoms. The molecule has 0 bridgehead atoms. The van der Waals surface area contributed by atoms with Crippen molar-refractivity contribution in [3.05, 3.63) is 54.1 Å². The summed E-state index contributed by atoms with van der Waals surface area (Å²) in [5.74, 6) is 0.333. The lowest BCUT2D eigenvalue weighted by Crippen LogP contribution is -2.36. The van der Waals surface area contributed by atoms with Crippen LogP contribution in [0.5, 0.6) is 5.75 Å². The second-order valence-corrected chi connectivity index (χ2v) is 6.14. The largest absolute Gasteiger partial charge is 0.508 e. The van der Waals surface area contributed by atoms with Crippen LogP contribution >= 0.6 is 0 Å². The first-order chi connectivity index (χ1) is 11.7. The Balaban J connectivity index is 1.44. The summed E-state index contributed by atoms with van der Waals surface area (Å²) in [7, 11) is 0. The number of fused-ring (bicyclic) bond motifs is 1. The maximum Gasteiger partial charge on any atom is 0.298 e. The number of nitrogens with zero attached hydrogens (tertiary/aromatic N) is 2. The highest BCUT2D eigenvalue weighted by molar-refractivity contribution is 5.98. The third kappa shape index (κ3) is 2.73. The van der Waals surface area contributed by atoms with Gasteiger partial charge in [-0.15, -0.1) is 0 Å². The monoisotopic (exact) mass is 322 g/mol. The van der Waals surface area contributed by atoms with Crippen molar-refractivity contribution in [2.45, 2.75) is 12.8 Å². The van der Waals surface area contributed by atoms with Crippen LogP contribution in [0.25, 0.3) is 11.1 Å². The van der Waals surface area contributed by atoms with E-state index in [1.165, 1.54) is 0 Å². The van der Waals surface area contributed by atoms with Crippen LogP contribution in [-0.2, 0) is 0 Å². The number of phenolic OH excluding ortho intramolecular Hbond substituents is 1. The predicted molar refractivity (Wildman–Crippen MR) is 91.4 cm³/mol. The molecule has 122 valence electrons. The average Bonchev–Trinajstić information content (AvgIpc) is 3.06. The molecule has 2 heterocycles. The fourth-order valence-corrected chi connectivity index (χ4v) is 3.19. The number of piperidine rings is 1. The zero-order chi connectivity index (χ0) is 16.5. The van der Waals surface area contributed by atoms with Crippen LogP contribution in [0.2, 0.25) is 0 Å². The maximum atomic E-state index is 12.6. The predicted octanol–water partition coefficient (Wildman–Crippen LogP) is 3.63. The molecule has 4 rings (SSSR count). The van der Waals surface area contributed by atoms with E-state index in [1.807, 2.05) is 24.3 Å². The van der Waals surface area contributed by atoms with Gasteiger partial charge >= 0.3 is 0 Å². The third-order valence-electron chi connectivity index (χ3n) is 4.57. The summed E-state index contributed by atoms with van der Waals surface area (Å²) >= 11 is 0. The number of aromatic hydroxyl groups is 1. The third-order valence-corrected chi connectivity index (χ3v) is 4.57. The van der Waals surface area contributed by atoms with Gasteiger partial charge in [0.25, 0.3) is 6.01 Å². The SMILES string of the molecule is O=C(c1ccc(O)cc1)C1CCN(c2nc3ccccc3o2)CC1. The Morgan fingerprint density at radius 3 is 2.50 bits per heavy atom. The summed E-state index contributed by atoms with van der Waals surface area (Å²) in [6, 6.07) is 14.8. The van der Waals surface area contributed by atoms with Gasteiger partial charge in [-0.3, -0.25) is 4.79 Å². The topological polar surface area (TPSA) is 66.6 Å². The van der Waals surface area contributed by atoms with Crippen LogP contribution in [0.3, 0.4) is 0 Å². The minimum atomic E-state index is 0.00942. The molecular weight excluding hydrogens is 304 g/mol. The first-order valence-corrected chi connectivity index (χ1v) is 8.14. The molecule has 1 aliphatic heterocycles. The number of aromatic nitrogens is 1. The number of hydrogen-bond donors (Lipinski definition) is 1. The van der Waals surface area contributed by atoms with Crippen molar-refractivity contribution < 1.29 is 14.3 Å². The van der Waals surface area contributed by atoms with Gasteiger partial charge in [-0.05, 0) is 49.2 Å². The Kier molecular flexibility index (Phi) is 3.69. The summed E-state index contributed by atoms with van der Waals surface area (Å²) in [6.07, 6.45) is 1.55. The van der Waals surface area contributed by atoms with Crippen LogP contribution in [0.4, 0.5) is 6.01 Å². The molecule has 1 N–H and O–H groups in total. The molecule has 1 aromatic heterocycles. The summed E-state index contributed by atoms with van der Waals surface area (Å²) in [6.45, 7) is 1.50. The molecule has 0 radical (unpaired) electrons. The van der Waals surface area contributed by atoms with Crippen molar-refractivity contribution in [2.24, 2.45) is 5.92 Å². The molecule has 1 saturated heterocycles. The normalized spacial score (nSPS) is 15.8. The van der Waals surface area contributed by atoms with Crippen LogP contribution < -0.4 is 4.90 Å². The fraction of sp³-hybridized carbons (Fsp3) is 0.263. The minimum absolute atomic E-state index is 0.00942. The van der Waals surface area contributed by atoms with Crippen molar-refractivity contribution in [1.29, 1.82) is 0 Å². The summed E-state index contributed by atoms with van der Waals surface area (Å²) in [5.41, 5.74) is 2.30. The van der Waals surface area contributed by atoms with Gasteiger partial charge in [0.1, 0.15) is 11.3 Å². The number of oxazole rings is 1. The molecule has 0 unspecified atom stereocenters. The van der Waals surface area contributed by atoms with Crippen molar-refractivity contribution >= 4 is 22.9 Å². The van der Waals surface area contributed by atoms with E-state index in [0.29, 0.717) is 11.6 Å². The van der Waals surface area contributed by atoms with Gasteiger partial charge in [0, 0.05) is 24.6 Å². The number of Topliss-reactive ketones (excluding diaryl/α,β-unsaturated/α-hetero) is 1. The van der Waals surface area contributed by atoms with E-state index in [1.54, 1.807) is 24.3 Å². The molecule has 0 atom stereocenters. The summed E-state index contributed by atoms with van der Waals surface area (Å²) < 4.78 is 5.80. The Hall–Kier alpha value is -2.82. The number of benzene rings is 2. The molecule has 5 heteroatoms. The molecular formula is C19H18N2O3. The number of anilines is 1. The second kappa shape index (κ2) is 6.00. The lowest BCUT2D eigenvalue weighted by atomic mass is 9.89. The number of hydrogen-bond acceptors (Lipinski definition) is 5. The van der Waals surface area contributed by atoms with Crippen LogP contribution in [-0.4, -0.2) is 29.0 Å². The number of ketones is 1. The smallest absolute Gasteiger partial charge is 0.298 e. The first kappa shape index (κ1) is 14.8. The molecule has 1 fully saturated rings. The van der Waals surface area contributed by atoms with Gasteiger partial charge in [0.2, 0.25) is 0 Å². The molecule has 2 aromatic carbocycles. The highest BCUT2D eigenvalue weighted by Crippen LogP contribution is 2.28. The quantitative estimate of drug-likeness (QED) is 0.746. The Morgan fingerprint density at radius 1 is 1.08 bits per heavy atom. The van der Waals surface area contributed by atoms with E-state index in [-0.39, 0.29) is 17.5 Å². The molecule has 0 saturated carbocycles. The van der Waals surface area contributed by atoms with E-state index >= 15 is 0 Å². The number of rotatable bonds is 3. The molecule has 1 aliphatic rings. The Bertz CT molecular complexity index is 829. The maximum absolute atomic E-state index is 12.6. The van der Waals surface area contributed by atoms with E-state index in [0.717, 1.165) is 37.0 Å². The standard InChI is InChI=1S/C19H18N2O3/c22-15-7-5-13(6-8-15)18(23)14-9-11-21(12-10-14)19-20-16-3-1-2-4-17(16)24-19/h1-8,14,22H,9-12H2. The summed E-state index contributed by atoms with van der Waals surface area (Å²) in [4.78, 5) is 19.2. The van der Waals surface area contributed by atoms with E-state index < -0.39 is 0 Å².